The van der Waals surface area contributed by atoms with Gasteiger partial charge in [-0.25, -0.2) is 8.42 Å². The van der Waals surface area contributed by atoms with Gasteiger partial charge in [-0.2, -0.15) is 4.31 Å². The van der Waals surface area contributed by atoms with Crippen molar-refractivity contribution < 1.29 is 23.4 Å². The summed E-state index contributed by atoms with van der Waals surface area (Å²) < 4.78 is 26.4. The van der Waals surface area contributed by atoms with Crippen LogP contribution in [0.4, 0.5) is 0 Å². The van der Waals surface area contributed by atoms with Crippen LogP contribution in [-0.4, -0.2) is 48.1 Å². The van der Waals surface area contributed by atoms with Crippen molar-refractivity contribution in [1.82, 2.24) is 4.31 Å². The molecule has 1 aromatic rings. The number of rotatable bonds is 8. The van der Waals surface area contributed by atoms with E-state index in [1.54, 1.807) is 12.1 Å². The van der Waals surface area contributed by atoms with Crippen LogP contribution in [0.5, 0.6) is 0 Å². The Hall–Kier alpha value is -1.44. The Morgan fingerprint density at radius 3 is 2.33 bits per heavy atom. The lowest BCUT2D eigenvalue weighted by molar-refractivity contribution is -0.136. The first kappa shape index (κ1) is 15.9. The largest absolute Gasteiger partial charge is 0.481 e. The van der Waals surface area contributed by atoms with Crippen molar-refractivity contribution in [3.05, 3.63) is 29.8 Å². The molecule has 1 fully saturated rings. The van der Waals surface area contributed by atoms with Crippen LogP contribution in [0, 0.1) is 0 Å². The van der Waals surface area contributed by atoms with E-state index >= 15 is 0 Å². The second-order valence-electron chi connectivity index (χ2n) is 5.11. The topological polar surface area (TPSA) is 94.9 Å². The molecule has 7 heteroatoms. The van der Waals surface area contributed by atoms with Gasteiger partial charge >= 0.3 is 5.97 Å². The van der Waals surface area contributed by atoms with Crippen molar-refractivity contribution in [3.8, 4) is 0 Å². The highest BCUT2D eigenvalue weighted by molar-refractivity contribution is 7.89. The van der Waals surface area contributed by atoms with Gasteiger partial charge in [0.2, 0.25) is 10.0 Å². The van der Waals surface area contributed by atoms with E-state index in [4.69, 9.17) is 10.2 Å². The molecule has 0 atom stereocenters. The third-order valence-corrected chi connectivity index (χ3v) is 5.40. The monoisotopic (exact) mass is 313 g/mol. The average molecular weight is 313 g/mol. The molecule has 0 saturated heterocycles. The van der Waals surface area contributed by atoms with E-state index in [2.05, 4.69) is 0 Å². The maximum absolute atomic E-state index is 12.5. The second-order valence-corrected chi connectivity index (χ2v) is 7.00. The maximum Gasteiger partial charge on any atom is 0.303 e. The number of benzene rings is 1. The number of aliphatic hydroxyl groups is 1. The lowest BCUT2D eigenvalue weighted by atomic mass is 10.1. The molecule has 0 radical (unpaired) electrons. The van der Waals surface area contributed by atoms with E-state index in [-0.39, 0.29) is 30.5 Å². The van der Waals surface area contributed by atoms with Gasteiger partial charge in [-0.1, -0.05) is 12.1 Å². The van der Waals surface area contributed by atoms with E-state index in [0.717, 1.165) is 18.4 Å². The van der Waals surface area contributed by atoms with E-state index in [0.29, 0.717) is 6.42 Å². The Labute approximate surface area is 124 Å². The van der Waals surface area contributed by atoms with Crippen LogP contribution in [0.25, 0.3) is 0 Å². The molecule has 2 rings (SSSR count). The average Bonchev–Trinajstić information content (AvgIpc) is 3.27. The van der Waals surface area contributed by atoms with Gasteiger partial charge in [0.15, 0.2) is 0 Å². The van der Waals surface area contributed by atoms with Crippen molar-refractivity contribution in [2.75, 3.05) is 13.2 Å². The number of hydrogen-bond donors (Lipinski definition) is 2. The Bertz CT molecular complexity index is 592. The number of sulfonamides is 1. The highest BCUT2D eigenvalue weighted by Crippen LogP contribution is 2.31. The van der Waals surface area contributed by atoms with Crippen molar-refractivity contribution in [3.63, 3.8) is 0 Å². The number of carboxylic acids is 1. The summed E-state index contributed by atoms with van der Waals surface area (Å²) in [5.74, 6) is -0.880. The summed E-state index contributed by atoms with van der Waals surface area (Å²) in [5, 5.41) is 17.7. The zero-order valence-electron chi connectivity index (χ0n) is 11.6. The molecular formula is C14H19NO5S. The van der Waals surface area contributed by atoms with Gasteiger partial charge in [-0.3, -0.25) is 4.79 Å². The van der Waals surface area contributed by atoms with Crippen LogP contribution in [0.3, 0.4) is 0 Å². The number of nitrogens with zero attached hydrogens (tertiary/aromatic N) is 1. The lowest BCUT2D eigenvalue weighted by Crippen LogP contribution is -2.35. The Kier molecular flexibility index (Phi) is 4.97. The van der Waals surface area contributed by atoms with Gasteiger partial charge in [-0.15, -0.1) is 0 Å². The first-order valence-electron chi connectivity index (χ1n) is 6.88. The van der Waals surface area contributed by atoms with Gasteiger partial charge in [0, 0.05) is 19.0 Å². The molecule has 1 aliphatic carbocycles. The zero-order valence-corrected chi connectivity index (χ0v) is 12.4. The van der Waals surface area contributed by atoms with E-state index in [9.17, 15) is 13.2 Å². The molecular weight excluding hydrogens is 294 g/mol. The fourth-order valence-corrected chi connectivity index (χ4v) is 3.85. The maximum atomic E-state index is 12.5. The quantitative estimate of drug-likeness (QED) is 0.742. The summed E-state index contributed by atoms with van der Waals surface area (Å²) in [6, 6.07) is 6.27. The summed E-state index contributed by atoms with van der Waals surface area (Å²) in [6.45, 7) is -0.0970. The molecule has 0 amide bonds. The van der Waals surface area contributed by atoms with Crippen LogP contribution in [-0.2, 0) is 21.2 Å². The number of aliphatic hydroxyl groups excluding tert-OH is 1. The van der Waals surface area contributed by atoms with Crippen molar-refractivity contribution in [1.29, 1.82) is 0 Å². The van der Waals surface area contributed by atoms with Gasteiger partial charge in [0.05, 0.1) is 11.5 Å². The minimum Gasteiger partial charge on any atom is -0.481 e. The summed E-state index contributed by atoms with van der Waals surface area (Å²) in [4.78, 5) is 10.7. The van der Waals surface area contributed by atoms with Gasteiger partial charge in [0.1, 0.15) is 0 Å². The summed E-state index contributed by atoms with van der Waals surface area (Å²) >= 11 is 0. The highest BCUT2D eigenvalue weighted by atomic mass is 32.2. The SMILES string of the molecule is O=C(O)CCc1ccc(S(=O)(=O)N(CCO)C2CC2)cc1. The molecule has 116 valence electrons. The molecule has 2 N–H and O–H groups in total. The van der Waals surface area contributed by atoms with Gasteiger partial charge < -0.3 is 10.2 Å². The molecule has 0 aliphatic heterocycles. The number of aliphatic carboxylic acids is 1. The molecule has 0 unspecified atom stereocenters. The van der Waals surface area contributed by atoms with E-state index < -0.39 is 16.0 Å². The first-order chi connectivity index (χ1) is 9.95. The predicted molar refractivity (Wildman–Crippen MR) is 76.4 cm³/mol. The number of carboxylic acid groups (broad SMARTS) is 1. The van der Waals surface area contributed by atoms with Gasteiger partial charge in [0.25, 0.3) is 0 Å². The standard InChI is InChI=1S/C14H19NO5S/c16-10-9-15(12-4-5-12)21(19,20)13-6-1-11(2-7-13)3-8-14(17)18/h1-2,6-7,12,16H,3-5,8-10H2,(H,17,18). The van der Waals surface area contributed by atoms with Crippen LogP contribution in [0.2, 0.25) is 0 Å². The first-order valence-corrected chi connectivity index (χ1v) is 8.32. The minimum absolute atomic E-state index is 0.00571. The fraction of sp³-hybridized carbons (Fsp3) is 0.500. The van der Waals surface area contributed by atoms with E-state index in [1.165, 1.54) is 16.4 Å². The molecule has 1 aliphatic rings. The molecule has 0 heterocycles. The van der Waals surface area contributed by atoms with Crippen molar-refractivity contribution in [2.24, 2.45) is 0 Å². The molecule has 1 aromatic carbocycles. The Balaban J connectivity index is 2.14. The number of hydrogen-bond acceptors (Lipinski definition) is 4. The second kappa shape index (κ2) is 6.55. The van der Waals surface area contributed by atoms with Gasteiger partial charge in [-0.05, 0) is 37.0 Å². The Morgan fingerprint density at radius 1 is 1.24 bits per heavy atom. The van der Waals surface area contributed by atoms with Crippen molar-refractivity contribution >= 4 is 16.0 Å². The summed E-state index contributed by atoms with van der Waals surface area (Å²) in [7, 11) is -3.59. The van der Waals surface area contributed by atoms with Crippen LogP contribution in [0.15, 0.2) is 29.2 Å². The molecule has 21 heavy (non-hydrogen) atoms. The van der Waals surface area contributed by atoms with Crippen molar-refractivity contribution in [2.45, 2.75) is 36.6 Å². The van der Waals surface area contributed by atoms with Crippen LogP contribution < -0.4 is 0 Å². The third kappa shape index (κ3) is 4.03. The number of aryl methyl sites for hydroxylation is 1. The predicted octanol–water partition coefficient (Wildman–Crippen LogP) is 0.849. The smallest absolute Gasteiger partial charge is 0.303 e. The molecule has 6 nitrogen and oxygen atoms in total. The minimum atomic E-state index is -3.59. The lowest BCUT2D eigenvalue weighted by Gasteiger charge is -2.20. The molecule has 0 spiro atoms. The summed E-state index contributed by atoms with van der Waals surface area (Å²) in [5.41, 5.74) is 0.788. The fourth-order valence-electron chi connectivity index (χ4n) is 2.17. The third-order valence-electron chi connectivity index (χ3n) is 3.43. The molecule has 0 aromatic heterocycles. The highest BCUT2D eigenvalue weighted by Gasteiger charge is 2.37. The summed E-state index contributed by atoms with van der Waals surface area (Å²) in [6.07, 6.45) is 2.05. The zero-order chi connectivity index (χ0) is 15.5. The van der Waals surface area contributed by atoms with Crippen LogP contribution >= 0.6 is 0 Å². The number of carbonyl (C=O) groups is 1. The molecule has 1 saturated carbocycles. The Morgan fingerprint density at radius 2 is 1.86 bits per heavy atom. The molecule has 0 bridgehead atoms. The van der Waals surface area contributed by atoms with E-state index in [1.807, 2.05) is 0 Å². The normalized spacial score (nSPS) is 15.3. The van der Waals surface area contributed by atoms with Crippen LogP contribution in [0.1, 0.15) is 24.8 Å².